The minimum atomic E-state index is -0.184. The summed E-state index contributed by atoms with van der Waals surface area (Å²) in [6.45, 7) is 2.77. The van der Waals surface area contributed by atoms with E-state index in [0.717, 1.165) is 15.8 Å². The molecule has 6 heteroatoms. The van der Waals surface area contributed by atoms with Gasteiger partial charge in [-0.25, -0.2) is 9.78 Å². The highest BCUT2D eigenvalue weighted by molar-refractivity contribution is 7.22. The molecule has 1 atom stereocenters. The molecule has 2 aromatic carbocycles. The summed E-state index contributed by atoms with van der Waals surface area (Å²) in [6.07, 6.45) is 0. The van der Waals surface area contributed by atoms with Gasteiger partial charge >= 0.3 is 6.03 Å². The van der Waals surface area contributed by atoms with E-state index in [9.17, 15) is 4.79 Å². The van der Waals surface area contributed by atoms with Crippen LogP contribution in [0.4, 0.5) is 9.93 Å². The molecule has 3 N–H and O–H groups in total. The lowest BCUT2D eigenvalue weighted by molar-refractivity contribution is 0.243. The fraction of sp³-hybridized carbons (Fsp3) is 0.222. The normalized spacial score (nSPS) is 12.1. The van der Waals surface area contributed by atoms with Gasteiger partial charge in [0.05, 0.1) is 16.3 Å². The van der Waals surface area contributed by atoms with Crippen molar-refractivity contribution in [1.82, 2.24) is 10.3 Å². The predicted octanol–water partition coefficient (Wildman–Crippen LogP) is 3.53. The zero-order valence-electron chi connectivity index (χ0n) is 13.5. The highest BCUT2D eigenvalue weighted by Crippen LogP contribution is 2.28. The molecule has 24 heavy (non-hydrogen) atoms. The number of hydrogen-bond donors (Lipinski definition) is 2. The van der Waals surface area contributed by atoms with Gasteiger partial charge in [0.15, 0.2) is 5.13 Å². The number of anilines is 1. The summed E-state index contributed by atoms with van der Waals surface area (Å²) < 4.78 is 1.05. The maximum absolute atomic E-state index is 12.7. The highest BCUT2D eigenvalue weighted by Gasteiger charge is 2.20. The smallest absolute Gasteiger partial charge is 0.324 e. The Hall–Kier alpha value is -2.44. The zero-order valence-corrected chi connectivity index (χ0v) is 14.3. The van der Waals surface area contributed by atoms with Crippen LogP contribution >= 0.6 is 11.3 Å². The van der Waals surface area contributed by atoms with Crippen molar-refractivity contribution in [1.29, 1.82) is 0 Å². The second kappa shape index (κ2) is 7.42. The summed E-state index contributed by atoms with van der Waals surface area (Å²) in [6, 6.07) is 17.5. The number of nitrogens with zero attached hydrogens (tertiary/aromatic N) is 2. The molecule has 1 aromatic heterocycles. The molecule has 0 aliphatic carbocycles. The van der Waals surface area contributed by atoms with Gasteiger partial charge in [0, 0.05) is 13.1 Å². The molecule has 0 spiro atoms. The summed E-state index contributed by atoms with van der Waals surface area (Å²) in [5.74, 6) is 0. The lowest BCUT2D eigenvalue weighted by Crippen LogP contribution is -2.43. The first-order valence-electron chi connectivity index (χ1n) is 7.87. The number of benzene rings is 2. The first-order valence-corrected chi connectivity index (χ1v) is 8.69. The number of urea groups is 1. The molecule has 1 unspecified atom stereocenters. The number of rotatable bonds is 5. The number of carbonyl (C=O) groups excluding carboxylic acids is 1. The van der Waals surface area contributed by atoms with E-state index < -0.39 is 0 Å². The second-order valence-electron chi connectivity index (χ2n) is 5.49. The number of para-hydroxylation sites is 1. The standard InChI is InChI=1S/C18H20N4OS/c1-13(14-7-3-2-4-8-14)20-17(23)22(12-11-19)18-21-15-9-5-6-10-16(15)24-18/h2-10,13H,11-12,19H2,1H3,(H,20,23). The van der Waals surface area contributed by atoms with Crippen molar-refractivity contribution in [3.63, 3.8) is 0 Å². The van der Waals surface area contributed by atoms with Crippen LogP contribution in [-0.2, 0) is 0 Å². The third-order valence-corrected chi connectivity index (χ3v) is 4.81. The minimum Gasteiger partial charge on any atom is -0.331 e. The Kier molecular flexibility index (Phi) is 5.08. The SMILES string of the molecule is CC(NC(=O)N(CCN)c1nc2ccccc2s1)c1ccccc1. The Morgan fingerprint density at radius 2 is 1.92 bits per heavy atom. The number of carbonyl (C=O) groups is 1. The van der Waals surface area contributed by atoms with E-state index in [1.165, 1.54) is 11.3 Å². The van der Waals surface area contributed by atoms with Crippen molar-refractivity contribution < 1.29 is 4.79 Å². The summed E-state index contributed by atoms with van der Waals surface area (Å²) in [5, 5.41) is 3.69. The van der Waals surface area contributed by atoms with E-state index in [2.05, 4.69) is 10.3 Å². The molecule has 3 aromatic rings. The number of aromatic nitrogens is 1. The first-order chi connectivity index (χ1) is 11.7. The first kappa shape index (κ1) is 16.4. The van der Waals surface area contributed by atoms with Crippen molar-refractivity contribution in [2.75, 3.05) is 18.0 Å². The van der Waals surface area contributed by atoms with Crippen LogP contribution in [0, 0.1) is 0 Å². The van der Waals surface area contributed by atoms with Gasteiger partial charge in [-0.1, -0.05) is 53.8 Å². The molecule has 1 heterocycles. The van der Waals surface area contributed by atoms with E-state index in [0.29, 0.717) is 18.2 Å². The van der Waals surface area contributed by atoms with E-state index in [1.807, 2.05) is 61.5 Å². The summed E-state index contributed by atoms with van der Waals surface area (Å²) in [4.78, 5) is 18.9. The van der Waals surface area contributed by atoms with Gasteiger partial charge in [0.2, 0.25) is 0 Å². The molecule has 0 aliphatic rings. The Morgan fingerprint density at radius 3 is 2.62 bits per heavy atom. The highest BCUT2D eigenvalue weighted by atomic mass is 32.1. The molecular weight excluding hydrogens is 320 g/mol. The van der Waals surface area contributed by atoms with Gasteiger partial charge in [-0.15, -0.1) is 0 Å². The van der Waals surface area contributed by atoms with Crippen LogP contribution in [0.25, 0.3) is 10.2 Å². The predicted molar refractivity (Wildman–Crippen MR) is 99.4 cm³/mol. The van der Waals surface area contributed by atoms with Crippen LogP contribution in [0.1, 0.15) is 18.5 Å². The number of nitrogens with two attached hydrogens (primary N) is 1. The average Bonchev–Trinajstić information content (AvgIpc) is 3.03. The fourth-order valence-corrected chi connectivity index (χ4v) is 3.47. The Balaban J connectivity index is 1.80. The second-order valence-corrected chi connectivity index (χ2v) is 6.50. The molecule has 0 fully saturated rings. The summed E-state index contributed by atoms with van der Waals surface area (Å²) >= 11 is 1.49. The van der Waals surface area contributed by atoms with Gasteiger partial charge in [0.25, 0.3) is 0 Å². The van der Waals surface area contributed by atoms with Crippen molar-refractivity contribution >= 4 is 32.7 Å². The average molecular weight is 340 g/mol. The molecule has 0 radical (unpaired) electrons. The van der Waals surface area contributed by atoms with Crippen molar-refractivity contribution in [3.05, 3.63) is 60.2 Å². The van der Waals surface area contributed by atoms with E-state index in [-0.39, 0.29) is 12.1 Å². The van der Waals surface area contributed by atoms with Crippen LogP contribution in [0.15, 0.2) is 54.6 Å². The Bertz CT molecular complexity index is 785. The van der Waals surface area contributed by atoms with Gasteiger partial charge in [-0.3, -0.25) is 4.90 Å². The van der Waals surface area contributed by atoms with Crippen molar-refractivity contribution in [2.45, 2.75) is 13.0 Å². The number of nitrogens with one attached hydrogen (secondary N) is 1. The zero-order chi connectivity index (χ0) is 16.9. The number of amides is 2. The molecule has 124 valence electrons. The maximum Gasteiger partial charge on any atom is 0.324 e. The summed E-state index contributed by atoms with van der Waals surface area (Å²) in [5.41, 5.74) is 7.65. The number of fused-ring (bicyclic) bond motifs is 1. The van der Waals surface area contributed by atoms with E-state index in [4.69, 9.17) is 5.73 Å². The van der Waals surface area contributed by atoms with Gasteiger partial charge in [0.1, 0.15) is 0 Å². The van der Waals surface area contributed by atoms with Crippen molar-refractivity contribution in [3.8, 4) is 0 Å². The van der Waals surface area contributed by atoms with Crippen LogP contribution in [-0.4, -0.2) is 24.1 Å². The van der Waals surface area contributed by atoms with E-state index >= 15 is 0 Å². The molecule has 0 aliphatic heterocycles. The third kappa shape index (κ3) is 3.55. The largest absolute Gasteiger partial charge is 0.331 e. The molecular formula is C18H20N4OS. The molecule has 0 saturated heterocycles. The topological polar surface area (TPSA) is 71.2 Å². The Morgan fingerprint density at radius 1 is 1.21 bits per heavy atom. The molecule has 0 bridgehead atoms. The van der Waals surface area contributed by atoms with Crippen LogP contribution < -0.4 is 16.0 Å². The summed E-state index contributed by atoms with van der Waals surface area (Å²) in [7, 11) is 0. The quantitative estimate of drug-likeness (QED) is 0.746. The van der Waals surface area contributed by atoms with Gasteiger partial charge in [-0.05, 0) is 24.6 Å². The Labute approximate surface area is 145 Å². The lowest BCUT2D eigenvalue weighted by Gasteiger charge is -2.22. The molecule has 0 saturated carbocycles. The maximum atomic E-state index is 12.7. The molecule has 2 amide bonds. The van der Waals surface area contributed by atoms with Gasteiger partial charge < -0.3 is 11.1 Å². The van der Waals surface area contributed by atoms with Gasteiger partial charge in [-0.2, -0.15) is 0 Å². The van der Waals surface area contributed by atoms with Crippen LogP contribution in [0.2, 0.25) is 0 Å². The fourth-order valence-electron chi connectivity index (χ4n) is 2.48. The number of hydrogen-bond acceptors (Lipinski definition) is 4. The minimum absolute atomic E-state index is 0.0895. The molecule has 3 rings (SSSR count). The lowest BCUT2D eigenvalue weighted by atomic mass is 10.1. The third-order valence-electron chi connectivity index (χ3n) is 3.75. The van der Waals surface area contributed by atoms with Crippen LogP contribution in [0.3, 0.4) is 0 Å². The van der Waals surface area contributed by atoms with E-state index in [1.54, 1.807) is 4.90 Å². The number of thiazole rings is 1. The monoisotopic (exact) mass is 340 g/mol. The van der Waals surface area contributed by atoms with Crippen LogP contribution in [0.5, 0.6) is 0 Å². The van der Waals surface area contributed by atoms with Crippen molar-refractivity contribution in [2.24, 2.45) is 5.73 Å². The molecule has 5 nitrogen and oxygen atoms in total.